The Labute approximate surface area is 119 Å². The van der Waals surface area contributed by atoms with E-state index in [0.717, 1.165) is 6.54 Å². The molecule has 20 heavy (non-hydrogen) atoms. The lowest BCUT2D eigenvalue weighted by atomic mass is 10.1. The molecule has 1 aliphatic heterocycles. The van der Waals surface area contributed by atoms with Crippen molar-refractivity contribution < 1.29 is 8.42 Å². The predicted octanol–water partition coefficient (Wildman–Crippen LogP) is 0.0701. The van der Waals surface area contributed by atoms with Gasteiger partial charge in [0.25, 0.3) is 0 Å². The number of nitrogens with one attached hydrogen (secondary N) is 1. The molecule has 0 aliphatic carbocycles. The maximum Gasteiger partial charge on any atom is 0.225 e. The lowest BCUT2D eigenvalue weighted by Gasteiger charge is -2.35. The molecule has 0 spiro atoms. The summed E-state index contributed by atoms with van der Waals surface area (Å²) in [6, 6.07) is 0.175. The molecule has 0 unspecified atom stereocenters. The molecular weight excluding hydrogens is 276 g/mol. The molecule has 2 atom stereocenters. The third-order valence-corrected chi connectivity index (χ3v) is 4.91. The van der Waals surface area contributed by atoms with Gasteiger partial charge >= 0.3 is 0 Å². The average molecular weight is 294 g/mol. The fourth-order valence-electron chi connectivity index (χ4n) is 2.14. The Hall–Kier alpha value is -1.65. The molecule has 2 heterocycles. The van der Waals surface area contributed by atoms with Gasteiger partial charge in [0.05, 0.1) is 24.2 Å². The Kier molecular flexibility index (Phi) is 4.26. The third-order valence-electron chi connectivity index (χ3n) is 3.22. The van der Waals surface area contributed by atoms with Crippen LogP contribution in [0.4, 0.5) is 5.95 Å². The highest BCUT2D eigenvalue weighted by Crippen LogP contribution is 2.15. The summed E-state index contributed by atoms with van der Waals surface area (Å²) in [5, 5.41) is 3.28. The Bertz CT molecular complexity index is 606. The third kappa shape index (κ3) is 3.08. The zero-order valence-electron chi connectivity index (χ0n) is 11.6. The van der Waals surface area contributed by atoms with Gasteiger partial charge in [0.2, 0.25) is 5.95 Å². The zero-order chi connectivity index (χ0) is 14.8. The standard InChI is InChI=1S/C13H18N4O2S/c1-4-11-9-17(8-10(3)16-11)13-14-6-12(7-15-13)20(18,19)5-2/h1,6-7,10-11,16H,5,8-9H2,2-3H3/t10-,11-/m1/s1. The second-order valence-corrected chi connectivity index (χ2v) is 7.09. The molecule has 0 radical (unpaired) electrons. The first-order valence-corrected chi connectivity index (χ1v) is 8.13. The molecule has 7 heteroatoms. The van der Waals surface area contributed by atoms with E-state index >= 15 is 0 Å². The van der Waals surface area contributed by atoms with Crippen LogP contribution < -0.4 is 10.2 Å². The summed E-state index contributed by atoms with van der Waals surface area (Å²) in [5.41, 5.74) is 0. The van der Waals surface area contributed by atoms with Crippen molar-refractivity contribution in [3.05, 3.63) is 12.4 Å². The van der Waals surface area contributed by atoms with E-state index in [0.29, 0.717) is 12.5 Å². The second kappa shape index (κ2) is 5.77. The van der Waals surface area contributed by atoms with E-state index in [-0.39, 0.29) is 22.7 Å². The van der Waals surface area contributed by atoms with Gasteiger partial charge in [-0.1, -0.05) is 12.8 Å². The molecule has 1 N–H and O–H groups in total. The first-order valence-electron chi connectivity index (χ1n) is 6.48. The van der Waals surface area contributed by atoms with Crippen LogP contribution in [-0.2, 0) is 9.84 Å². The maximum absolute atomic E-state index is 11.7. The molecule has 1 aromatic rings. The highest BCUT2D eigenvalue weighted by Gasteiger charge is 2.24. The zero-order valence-corrected chi connectivity index (χ0v) is 12.4. The summed E-state index contributed by atoms with van der Waals surface area (Å²) < 4.78 is 23.4. The number of hydrogen-bond donors (Lipinski definition) is 1. The number of anilines is 1. The summed E-state index contributed by atoms with van der Waals surface area (Å²) in [6.07, 6.45) is 8.17. The van der Waals surface area contributed by atoms with Crippen molar-refractivity contribution in [3.8, 4) is 12.3 Å². The monoisotopic (exact) mass is 294 g/mol. The van der Waals surface area contributed by atoms with Gasteiger partial charge in [-0.05, 0) is 6.92 Å². The molecule has 0 aromatic carbocycles. The van der Waals surface area contributed by atoms with Crippen molar-refractivity contribution in [3.63, 3.8) is 0 Å². The summed E-state index contributed by atoms with van der Waals surface area (Å²) in [4.78, 5) is 10.4. The summed E-state index contributed by atoms with van der Waals surface area (Å²) in [7, 11) is -3.26. The van der Waals surface area contributed by atoms with Gasteiger partial charge in [-0.15, -0.1) is 6.42 Å². The number of nitrogens with zero attached hydrogens (tertiary/aromatic N) is 3. The van der Waals surface area contributed by atoms with Crippen LogP contribution in [-0.4, -0.2) is 49.3 Å². The molecule has 108 valence electrons. The van der Waals surface area contributed by atoms with Gasteiger partial charge in [-0.25, -0.2) is 18.4 Å². The first-order chi connectivity index (χ1) is 9.46. The molecule has 1 fully saturated rings. The van der Waals surface area contributed by atoms with Crippen LogP contribution in [0.2, 0.25) is 0 Å². The minimum absolute atomic E-state index is 0.0412. The smallest absolute Gasteiger partial charge is 0.225 e. The van der Waals surface area contributed by atoms with Crippen LogP contribution in [0.3, 0.4) is 0 Å². The highest BCUT2D eigenvalue weighted by molar-refractivity contribution is 7.91. The van der Waals surface area contributed by atoms with Gasteiger partial charge in [-0.2, -0.15) is 0 Å². The van der Waals surface area contributed by atoms with Crippen molar-refractivity contribution in [1.82, 2.24) is 15.3 Å². The molecule has 1 aliphatic rings. The Morgan fingerprint density at radius 1 is 1.45 bits per heavy atom. The van der Waals surface area contributed by atoms with E-state index in [1.165, 1.54) is 12.4 Å². The molecular formula is C13H18N4O2S. The lowest BCUT2D eigenvalue weighted by molar-refractivity contribution is 0.434. The summed E-state index contributed by atoms with van der Waals surface area (Å²) in [5.74, 6) is 3.22. The molecule has 0 saturated carbocycles. The summed E-state index contributed by atoms with van der Waals surface area (Å²) in [6.45, 7) is 4.98. The van der Waals surface area contributed by atoms with Gasteiger partial charge in [0.15, 0.2) is 9.84 Å². The highest BCUT2D eigenvalue weighted by atomic mass is 32.2. The minimum Gasteiger partial charge on any atom is -0.337 e. The summed E-state index contributed by atoms with van der Waals surface area (Å²) >= 11 is 0. The number of piperazine rings is 1. The van der Waals surface area contributed by atoms with Crippen LogP contribution in [0.1, 0.15) is 13.8 Å². The van der Waals surface area contributed by atoms with E-state index < -0.39 is 9.84 Å². The van der Waals surface area contributed by atoms with Crippen molar-refractivity contribution in [1.29, 1.82) is 0 Å². The average Bonchev–Trinajstić information content (AvgIpc) is 2.46. The molecule has 6 nitrogen and oxygen atoms in total. The van der Waals surface area contributed by atoms with Crippen LogP contribution in [0, 0.1) is 12.3 Å². The van der Waals surface area contributed by atoms with Gasteiger partial charge in [0.1, 0.15) is 4.90 Å². The Morgan fingerprint density at radius 2 is 2.10 bits per heavy atom. The molecule has 1 saturated heterocycles. The second-order valence-electron chi connectivity index (χ2n) is 4.81. The SMILES string of the molecule is C#C[C@@H]1CN(c2ncc(S(=O)(=O)CC)cn2)C[C@@H](C)N1. The molecule has 2 rings (SSSR count). The molecule has 0 amide bonds. The first kappa shape index (κ1) is 14.8. The normalized spacial score (nSPS) is 23.4. The Morgan fingerprint density at radius 3 is 2.65 bits per heavy atom. The minimum atomic E-state index is -3.26. The molecule has 0 bridgehead atoms. The van der Waals surface area contributed by atoms with E-state index in [1.54, 1.807) is 6.92 Å². The number of sulfone groups is 1. The van der Waals surface area contributed by atoms with Crippen molar-refractivity contribution in [2.45, 2.75) is 30.8 Å². The van der Waals surface area contributed by atoms with E-state index in [2.05, 4.69) is 21.2 Å². The Balaban J connectivity index is 2.20. The van der Waals surface area contributed by atoms with Crippen molar-refractivity contribution in [2.24, 2.45) is 0 Å². The number of terminal acetylenes is 1. The number of rotatable bonds is 3. The molecule has 1 aromatic heterocycles. The number of aromatic nitrogens is 2. The van der Waals surface area contributed by atoms with Gasteiger partial charge in [0, 0.05) is 19.1 Å². The van der Waals surface area contributed by atoms with E-state index in [9.17, 15) is 8.42 Å². The largest absolute Gasteiger partial charge is 0.337 e. The van der Waals surface area contributed by atoms with Crippen molar-refractivity contribution in [2.75, 3.05) is 23.7 Å². The lowest BCUT2D eigenvalue weighted by Crippen LogP contribution is -2.55. The predicted molar refractivity (Wildman–Crippen MR) is 77.2 cm³/mol. The fraction of sp³-hybridized carbons (Fsp3) is 0.538. The van der Waals surface area contributed by atoms with Crippen LogP contribution >= 0.6 is 0 Å². The fourth-order valence-corrected chi connectivity index (χ4v) is 2.90. The van der Waals surface area contributed by atoms with Crippen LogP contribution in [0.5, 0.6) is 0 Å². The quantitative estimate of drug-likeness (QED) is 0.795. The topological polar surface area (TPSA) is 75.2 Å². The van der Waals surface area contributed by atoms with Gasteiger partial charge < -0.3 is 4.90 Å². The van der Waals surface area contributed by atoms with E-state index in [1.807, 2.05) is 11.8 Å². The van der Waals surface area contributed by atoms with Gasteiger partial charge in [-0.3, -0.25) is 5.32 Å². The van der Waals surface area contributed by atoms with Crippen molar-refractivity contribution >= 4 is 15.8 Å². The maximum atomic E-state index is 11.7. The van der Waals surface area contributed by atoms with Crippen LogP contribution in [0.15, 0.2) is 17.3 Å². The van der Waals surface area contributed by atoms with E-state index in [4.69, 9.17) is 6.42 Å². The van der Waals surface area contributed by atoms with Crippen LogP contribution in [0.25, 0.3) is 0 Å². The number of hydrogen-bond acceptors (Lipinski definition) is 6.